The number of benzene rings is 2. The van der Waals surface area contributed by atoms with Gasteiger partial charge in [0.15, 0.2) is 0 Å². The summed E-state index contributed by atoms with van der Waals surface area (Å²) in [6.07, 6.45) is 0. The summed E-state index contributed by atoms with van der Waals surface area (Å²) in [4.78, 5) is 0. The van der Waals surface area contributed by atoms with E-state index < -0.39 is 0 Å². The Morgan fingerprint density at radius 2 is 1.05 bits per heavy atom. The van der Waals surface area contributed by atoms with Crippen LogP contribution in [0.25, 0.3) is 0 Å². The third-order valence-electron chi connectivity index (χ3n) is 2.21. The number of rotatable bonds is 0. The Labute approximate surface area is 176 Å². The van der Waals surface area contributed by atoms with Crippen molar-refractivity contribution in [1.29, 1.82) is 0 Å². The van der Waals surface area contributed by atoms with Gasteiger partial charge in [0.05, 0.1) is 7.14 Å². The van der Waals surface area contributed by atoms with Crippen molar-refractivity contribution >= 4 is 45.2 Å². The zero-order chi connectivity index (χ0) is 13.7. The molecule has 0 saturated carbocycles. The van der Waals surface area contributed by atoms with Crippen LogP contribution in [0.15, 0.2) is 36.4 Å². The average Bonchev–Trinajstić information content (AvgIpc) is 2.30. The molecule has 0 atom stereocenters. The van der Waals surface area contributed by atoms with E-state index in [2.05, 4.69) is 45.2 Å². The van der Waals surface area contributed by atoms with Gasteiger partial charge in [0.2, 0.25) is 0 Å². The van der Waals surface area contributed by atoms with Gasteiger partial charge in [0.1, 0.15) is 11.5 Å². The first-order valence-electron chi connectivity index (χ1n) is 5.30. The Morgan fingerprint density at radius 3 is 1.26 bits per heavy atom. The van der Waals surface area contributed by atoms with Crippen molar-refractivity contribution in [3.8, 4) is 11.5 Å². The summed E-state index contributed by atoms with van der Waals surface area (Å²) in [5.74, 6) is 0.724. The zero-order valence-corrected chi connectivity index (χ0v) is 19.8. The molecule has 0 amide bonds. The van der Waals surface area contributed by atoms with E-state index in [9.17, 15) is 0 Å². The minimum Gasteiger partial charge on any atom is -0.507 e. The van der Waals surface area contributed by atoms with Crippen molar-refractivity contribution in [1.82, 2.24) is 0 Å². The molecule has 2 nitrogen and oxygen atoms in total. The minimum atomic E-state index is 0. The molecule has 0 unspecified atom stereocenters. The van der Waals surface area contributed by atoms with Crippen LogP contribution in [0.3, 0.4) is 0 Å². The molecule has 1 radical (unpaired) electrons. The van der Waals surface area contributed by atoms with Crippen molar-refractivity contribution < 1.29 is 54.3 Å². The predicted octanol–water partition coefficient (Wildman–Crippen LogP) is 4.61. The van der Waals surface area contributed by atoms with Crippen LogP contribution in [0.1, 0.15) is 11.1 Å². The second kappa shape index (κ2) is 9.80. The smallest absolute Gasteiger partial charge is 0.128 e. The molecule has 2 rings (SSSR count). The SMILES string of the molecule is Cc1ccc(O)c(I)c1.Cc1ccc(O)c(I)c1.[Ac]. The maximum atomic E-state index is 9.04. The monoisotopic (exact) mass is 695 g/mol. The molecule has 0 aliphatic heterocycles. The van der Waals surface area contributed by atoms with Crippen molar-refractivity contribution in [3.63, 3.8) is 0 Å². The van der Waals surface area contributed by atoms with Crippen molar-refractivity contribution in [3.05, 3.63) is 54.7 Å². The number of halogens is 2. The standard InChI is InChI=1S/2C7H7IO.Ac/c2*1-5-2-3-7(9)6(8)4-5;/h2*2-4,9H,1H3;. The molecule has 0 saturated heterocycles. The van der Waals surface area contributed by atoms with Gasteiger partial charge < -0.3 is 10.2 Å². The number of aryl methyl sites for hydroxylation is 2. The van der Waals surface area contributed by atoms with Crippen LogP contribution in [0, 0.1) is 65.1 Å². The Bertz CT molecular complexity index is 495. The second-order valence-corrected chi connectivity index (χ2v) is 6.23. The largest absolute Gasteiger partial charge is 0.507 e. The zero-order valence-electron chi connectivity index (χ0n) is 10.7. The molecular weight excluding hydrogens is 681 g/mol. The van der Waals surface area contributed by atoms with E-state index in [4.69, 9.17) is 10.2 Å². The second-order valence-electron chi connectivity index (χ2n) is 3.91. The molecule has 2 N–H and O–H groups in total. The molecular formula is C14H14AcI2O2. The topological polar surface area (TPSA) is 40.5 Å². The Balaban J connectivity index is 0.000000324. The quantitative estimate of drug-likeness (QED) is 0.396. The van der Waals surface area contributed by atoms with Crippen LogP contribution in [0.5, 0.6) is 11.5 Å². The van der Waals surface area contributed by atoms with Gasteiger partial charge >= 0.3 is 0 Å². The van der Waals surface area contributed by atoms with Crippen LogP contribution < -0.4 is 0 Å². The van der Waals surface area contributed by atoms with E-state index in [0.717, 1.165) is 7.14 Å². The molecule has 5 heteroatoms. The van der Waals surface area contributed by atoms with E-state index in [0.29, 0.717) is 11.5 Å². The van der Waals surface area contributed by atoms with Crippen molar-refractivity contribution in [2.75, 3.05) is 0 Å². The molecule has 0 bridgehead atoms. The molecule has 0 aromatic heterocycles. The Morgan fingerprint density at radius 1 is 0.737 bits per heavy atom. The van der Waals surface area contributed by atoms with E-state index >= 15 is 0 Å². The van der Waals surface area contributed by atoms with Crippen LogP contribution in [0.4, 0.5) is 0 Å². The fraction of sp³-hybridized carbons (Fsp3) is 0.143. The first-order valence-corrected chi connectivity index (χ1v) is 7.46. The molecule has 2 aromatic rings. The van der Waals surface area contributed by atoms with Gasteiger partial charge in [-0.3, -0.25) is 0 Å². The summed E-state index contributed by atoms with van der Waals surface area (Å²) < 4.78 is 1.82. The Kier molecular flexibility index (Phi) is 10.3. The molecule has 0 spiro atoms. The number of hydrogen-bond acceptors (Lipinski definition) is 2. The number of hydrogen-bond donors (Lipinski definition) is 2. The maximum absolute atomic E-state index is 9.04. The molecule has 0 aliphatic carbocycles. The summed E-state index contributed by atoms with van der Waals surface area (Å²) in [6.45, 7) is 4.00. The summed E-state index contributed by atoms with van der Waals surface area (Å²) in [7, 11) is 0. The molecule has 0 heterocycles. The first-order chi connectivity index (χ1) is 8.40. The number of phenolic OH excluding ortho intramolecular Hbond substituents is 2. The molecule has 19 heavy (non-hydrogen) atoms. The van der Waals surface area contributed by atoms with Crippen LogP contribution in [-0.2, 0) is 0 Å². The fourth-order valence-electron chi connectivity index (χ4n) is 1.22. The van der Waals surface area contributed by atoms with E-state index in [1.807, 2.05) is 38.1 Å². The summed E-state index contributed by atoms with van der Waals surface area (Å²) in [5.41, 5.74) is 2.36. The number of phenols is 2. The summed E-state index contributed by atoms with van der Waals surface area (Å²) >= 11 is 4.20. The Hall–Kier alpha value is 0.942. The molecule has 0 aliphatic rings. The van der Waals surface area contributed by atoms with Gasteiger partial charge in [0, 0.05) is 44.1 Å². The van der Waals surface area contributed by atoms with E-state index in [1.54, 1.807) is 12.1 Å². The molecule has 2 aromatic carbocycles. The minimum absolute atomic E-state index is 0. The van der Waals surface area contributed by atoms with Crippen LogP contribution in [0.2, 0.25) is 0 Å². The van der Waals surface area contributed by atoms with Crippen molar-refractivity contribution in [2.45, 2.75) is 13.8 Å². The van der Waals surface area contributed by atoms with Crippen LogP contribution >= 0.6 is 45.2 Å². The third kappa shape index (κ3) is 7.49. The van der Waals surface area contributed by atoms with E-state index in [1.165, 1.54) is 11.1 Å². The first kappa shape index (κ1) is 19.9. The fourth-order valence-corrected chi connectivity index (χ4v) is 2.57. The van der Waals surface area contributed by atoms with Gasteiger partial charge in [-0.25, -0.2) is 0 Å². The maximum Gasteiger partial charge on any atom is 0.128 e. The normalized spacial score (nSPS) is 9.05. The molecule has 99 valence electrons. The van der Waals surface area contributed by atoms with Gasteiger partial charge in [-0.1, -0.05) is 12.1 Å². The van der Waals surface area contributed by atoms with Gasteiger partial charge in [-0.2, -0.15) is 0 Å². The summed E-state index contributed by atoms with van der Waals surface area (Å²) in [6, 6.07) is 11.1. The number of aromatic hydroxyl groups is 2. The van der Waals surface area contributed by atoms with E-state index in [-0.39, 0.29) is 44.1 Å². The van der Waals surface area contributed by atoms with Gasteiger partial charge in [-0.05, 0) is 94.4 Å². The predicted molar refractivity (Wildman–Crippen MR) is 91.1 cm³/mol. The third-order valence-corrected chi connectivity index (χ3v) is 3.93. The molecule has 0 fully saturated rings. The van der Waals surface area contributed by atoms with Crippen molar-refractivity contribution in [2.24, 2.45) is 0 Å². The average molecular weight is 695 g/mol. The van der Waals surface area contributed by atoms with Crippen LogP contribution in [-0.4, -0.2) is 10.2 Å². The van der Waals surface area contributed by atoms with Gasteiger partial charge in [0.25, 0.3) is 0 Å². The van der Waals surface area contributed by atoms with Gasteiger partial charge in [-0.15, -0.1) is 0 Å². The summed E-state index contributed by atoms with van der Waals surface area (Å²) in [5, 5.41) is 18.1.